The molecule has 97 valence electrons. The molecule has 1 nitrogen and oxygen atoms in total. The molecule has 0 aliphatic carbocycles. The molecule has 2 atom stereocenters. The summed E-state index contributed by atoms with van der Waals surface area (Å²) in [5.41, 5.74) is 8.62. The molecule has 1 radical (unpaired) electrons. The molecule has 2 aromatic rings. The molecule has 0 aliphatic rings. The van der Waals surface area contributed by atoms with E-state index in [0.29, 0.717) is 0 Å². The topological polar surface area (TPSA) is 26.0 Å². The normalized spacial score (nSPS) is 15.1. The minimum atomic E-state index is -0.0881. The van der Waals surface area contributed by atoms with Gasteiger partial charge in [0.25, 0.3) is 0 Å². The van der Waals surface area contributed by atoms with Crippen molar-refractivity contribution in [3.63, 3.8) is 0 Å². The van der Waals surface area contributed by atoms with E-state index in [2.05, 4.69) is 38.1 Å². The van der Waals surface area contributed by atoms with Crippen molar-refractivity contribution in [2.24, 2.45) is 5.73 Å². The summed E-state index contributed by atoms with van der Waals surface area (Å²) in [5.74, 6) is 0.0998. The standard InChI is InChI=1S/C17H19N.Y/c1-13(15-9-5-3-6-10-15)17(18)14(2)16-11-7-4-8-12-16;/h3-14,17H,1-2,18H2;/q-2;. The Hall–Kier alpha value is -0.496. The largest absolute Gasteiger partial charge is 0.335 e. The summed E-state index contributed by atoms with van der Waals surface area (Å²) >= 11 is 0. The minimum Gasteiger partial charge on any atom is -0.335 e. The molecule has 0 bridgehead atoms. The van der Waals surface area contributed by atoms with Crippen LogP contribution in [0.25, 0.3) is 0 Å². The second kappa shape index (κ2) is 7.94. The summed E-state index contributed by atoms with van der Waals surface area (Å²) in [6.07, 6.45) is 0. The maximum atomic E-state index is 6.30. The quantitative estimate of drug-likeness (QED) is 0.855. The van der Waals surface area contributed by atoms with E-state index in [1.54, 1.807) is 0 Å². The first-order chi connectivity index (χ1) is 8.70. The van der Waals surface area contributed by atoms with Crippen LogP contribution in [0, 0.1) is 13.8 Å². The van der Waals surface area contributed by atoms with Crippen LogP contribution in [0.1, 0.15) is 23.0 Å². The Morgan fingerprint density at radius 1 is 0.684 bits per heavy atom. The van der Waals surface area contributed by atoms with Gasteiger partial charge >= 0.3 is 0 Å². The van der Waals surface area contributed by atoms with Crippen molar-refractivity contribution in [2.45, 2.75) is 17.9 Å². The number of hydrogen-bond donors (Lipinski definition) is 1. The fraction of sp³-hybridized carbons (Fsp3) is 0.176. The molecule has 0 aromatic heterocycles. The van der Waals surface area contributed by atoms with Gasteiger partial charge in [0.1, 0.15) is 0 Å². The van der Waals surface area contributed by atoms with Crippen LogP contribution in [-0.4, -0.2) is 6.04 Å². The zero-order chi connectivity index (χ0) is 13.0. The molecular weight excluding hydrogens is 307 g/mol. The molecule has 0 aliphatic heterocycles. The van der Waals surface area contributed by atoms with Crippen LogP contribution < -0.4 is 5.73 Å². The van der Waals surface area contributed by atoms with Crippen LogP contribution in [0.15, 0.2) is 60.7 Å². The van der Waals surface area contributed by atoms with Crippen molar-refractivity contribution in [2.75, 3.05) is 0 Å². The zero-order valence-corrected chi connectivity index (χ0v) is 13.9. The SMILES string of the molecule is [CH2-]C(c1ccccc1)C(N)C([CH2-])c1ccccc1.[Y]. The summed E-state index contributed by atoms with van der Waals surface area (Å²) in [5, 5.41) is 0. The molecule has 0 fully saturated rings. The summed E-state index contributed by atoms with van der Waals surface area (Å²) < 4.78 is 0. The van der Waals surface area contributed by atoms with Gasteiger partial charge in [-0.1, -0.05) is 71.8 Å². The van der Waals surface area contributed by atoms with E-state index in [9.17, 15) is 0 Å². The fourth-order valence-corrected chi connectivity index (χ4v) is 2.13. The summed E-state index contributed by atoms with van der Waals surface area (Å²) in [7, 11) is 0. The van der Waals surface area contributed by atoms with E-state index in [0.717, 1.165) is 11.1 Å². The van der Waals surface area contributed by atoms with E-state index >= 15 is 0 Å². The van der Waals surface area contributed by atoms with Gasteiger partial charge in [0.2, 0.25) is 0 Å². The maximum absolute atomic E-state index is 6.30. The number of benzene rings is 2. The zero-order valence-electron chi connectivity index (χ0n) is 11.1. The smallest absolute Gasteiger partial charge is 0 e. The van der Waals surface area contributed by atoms with Crippen LogP contribution in [0.3, 0.4) is 0 Å². The Morgan fingerprint density at radius 2 is 1.00 bits per heavy atom. The number of nitrogens with two attached hydrogens (primary N) is 1. The van der Waals surface area contributed by atoms with E-state index < -0.39 is 0 Å². The van der Waals surface area contributed by atoms with Crippen molar-refractivity contribution in [1.82, 2.24) is 0 Å². The predicted molar refractivity (Wildman–Crippen MR) is 77.1 cm³/mol. The second-order valence-corrected chi connectivity index (χ2v) is 4.61. The van der Waals surface area contributed by atoms with Gasteiger partial charge in [-0.2, -0.15) is 0 Å². The van der Waals surface area contributed by atoms with E-state index in [1.165, 1.54) is 0 Å². The Bertz CT molecular complexity index is 424. The summed E-state index contributed by atoms with van der Waals surface area (Å²) in [6, 6.07) is 20.2. The molecule has 0 spiro atoms. The van der Waals surface area contributed by atoms with Crippen molar-refractivity contribution < 1.29 is 32.7 Å². The van der Waals surface area contributed by atoms with E-state index in [1.807, 2.05) is 36.4 Å². The van der Waals surface area contributed by atoms with Gasteiger partial charge in [-0.25, -0.2) is 0 Å². The van der Waals surface area contributed by atoms with Crippen LogP contribution in [0.4, 0.5) is 0 Å². The van der Waals surface area contributed by atoms with Gasteiger partial charge in [0.15, 0.2) is 0 Å². The monoisotopic (exact) mass is 326 g/mol. The Kier molecular flexibility index (Phi) is 6.92. The molecule has 2 aromatic carbocycles. The molecule has 2 heteroatoms. The third kappa shape index (κ3) is 4.24. The first-order valence-corrected chi connectivity index (χ1v) is 6.22. The molecule has 0 amide bonds. The van der Waals surface area contributed by atoms with E-state index in [4.69, 9.17) is 5.73 Å². The van der Waals surface area contributed by atoms with Crippen molar-refractivity contribution in [1.29, 1.82) is 0 Å². The van der Waals surface area contributed by atoms with E-state index in [-0.39, 0.29) is 50.6 Å². The average molecular weight is 326 g/mol. The molecule has 2 rings (SSSR count). The van der Waals surface area contributed by atoms with Crippen LogP contribution in [0.2, 0.25) is 0 Å². The van der Waals surface area contributed by atoms with Gasteiger partial charge in [-0.05, 0) is 6.04 Å². The van der Waals surface area contributed by atoms with Gasteiger partial charge < -0.3 is 19.6 Å². The molecule has 0 heterocycles. The van der Waals surface area contributed by atoms with Crippen LogP contribution in [0.5, 0.6) is 0 Å². The van der Waals surface area contributed by atoms with Crippen LogP contribution >= 0.6 is 0 Å². The van der Waals surface area contributed by atoms with Gasteiger partial charge in [-0.3, -0.25) is 0 Å². The van der Waals surface area contributed by atoms with Gasteiger partial charge in [-0.15, -0.1) is 11.8 Å². The Morgan fingerprint density at radius 3 is 1.32 bits per heavy atom. The summed E-state index contributed by atoms with van der Waals surface area (Å²) in [4.78, 5) is 0. The molecule has 0 saturated heterocycles. The predicted octanol–water partition coefficient (Wildman–Crippen LogP) is 3.55. The number of hydrogen-bond acceptors (Lipinski definition) is 1. The Balaban J connectivity index is 0.00000180. The van der Waals surface area contributed by atoms with Crippen molar-refractivity contribution >= 4 is 0 Å². The summed E-state index contributed by atoms with van der Waals surface area (Å²) in [6.45, 7) is 8.38. The number of rotatable bonds is 4. The molecule has 19 heavy (non-hydrogen) atoms. The van der Waals surface area contributed by atoms with Crippen LogP contribution in [-0.2, 0) is 32.7 Å². The molecule has 2 unspecified atom stereocenters. The van der Waals surface area contributed by atoms with Gasteiger partial charge in [0, 0.05) is 32.7 Å². The maximum Gasteiger partial charge on any atom is 0 e. The Labute approximate surface area is 141 Å². The minimum absolute atomic E-state index is 0. The molecule has 0 saturated carbocycles. The fourth-order valence-electron chi connectivity index (χ4n) is 2.13. The third-order valence-electron chi connectivity index (χ3n) is 3.38. The average Bonchev–Trinajstić information content (AvgIpc) is 2.47. The molecule has 2 N–H and O–H groups in total. The van der Waals surface area contributed by atoms with Crippen molar-refractivity contribution in [3.05, 3.63) is 85.6 Å². The van der Waals surface area contributed by atoms with Crippen molar-refractivity contribution in [3.8, 4) is 0 Å². The first kappa shape index (κ1) is 16.6. The second-order valence-electron chi connectivity index (χ2n) is 4.61. The third-order valence-corrected chi connectivity index (χ3v) is 3.38. The van der Waals surface area contributed by atoms with Gasteiger partial charge in [0.05, 0.1) is 0 Å². The molecular formula is C17H19NY-2. The first-order valence-electron chi connectivity index (χ1n) is 6.22.